The second kappa shape index (κ2) is 10.5. The van der Waals surface area contributed by atoms with E-state index in [1.807, 2.05) is 0 Å². The molecule has 0 aromatic heterocycles. The van der Waals surface area contributed by atoms with Gasteiger partial charge in [0, 0.05) is 5.57 Å². The molecule has 0 amide bonds. The topological polar surface area (TPSA) is 115 Å². The maximum atomic E-state index is 13.2. The number of phenolic OH excluding ortho intramolecular Hbond substituents is 3. The van der Waals surface area contributed by atoms with Gasteiger partial charge in [-0.2, -0.15) is 0 Å². The number of aromatic hydroxyl groups is 3. The third kappa shape index (κ3) is 4.85. The Morgan fingerprint density at radius 2 is 1.06 bits per heavy atom. The summed E-state index contributed by atoms with van der Waals surface area (Å²) in [6.45, 7) is 1.79. The molecular formula is C26H26O8. The van der Waals surface area contributed by atoms with E-state index in [0.717, 1.165) is 0 Å². The molecule has 0 radical (unpaired) electrons. The zero-order chi connectivity index (χ0) is 24.8. The highest BCUT2D eigenvalue weighted by atomic mass is 16.5. The van der Waals surface area contributed by atoms with Gasteiger partial charge in [0.2, 0.25) is 0 Å². The zero-order valence-electron chi connectivity index (χ0n) is 19.3. The lowest BCUT2D eigenvalue weighted by Gasteiger charge is -2.18. The number of benzene rings is 3. The van der Waals surface area contributed by atoms with Crippen molar-refractivity contribution < 1.29 is 39.1 Å². The van der Waals surface area contributed by atoms with Gasteiger partial charge in [-0.05, 0) is 60.0 Å². The quantitative estimate of drug-likeness (QED) is 0.255. The molecule has 0 spiro atoms. The van der Waals surface area contributed by atoms with Crippen LogP contribution in [-0.4, -0.2) is 49.2 Å². The molecule has 0 atom stereocenters. The van der Waals surface area contributed by atoms with Crippen molar-refractivity contribution in [1.82, 2.24) is 0 Å². The van der Waals surface area contributed by atoms with Crippen molar-refractivity contribution in [3.05, 3.63) is 71.3 Å². The largest absolute Gasteiger partial charge is 0.504 e. The van der Waals surface area contributed by atoms with E-state index in [-0.39, 0.29) is 46.7 Å². The highest BCUT2D eigenvalue weighted by molar-refractivity contribution is 6.27. The lowest BCUT2D eigenvalue weighted by atomic mass is 9.89. The van der Waals surface area contributed by atoms with Crippen LogP contribution in [0.4, 0.5) is 0 Å². The second-order valence-electron chi connectivity index (χ2n) is 7.13. The van der Waals surface area contributed by atoms with Gasteiger partial charge in [0.1, 0.15) is 0 Å². The predicted octanol–water partition coefficient (Wildman–Crippen LogP) is 4.35. The summed E-state index contributed by atoms with van der Waals surface area (Å²) in [5.74, 6) is -0.380. The van der Waals surface area contributed by atoms with E-state index in [1.165, 1.54) is 45.6 Å². The van der Waals surface area contributed by atoms with Crippen molar-refractivity contribution in [2.75, 3.05) is 27.9 Å². The second-order valence-corrected chi connectivity index (χ2v) is 7.13. The number of carbonyl (C=O) groups is 1. The Hall–Kier alpha value is -4.33. The van der Waals surface area contributed by atoms with Crippen LogP contribution >= 0.6 is 0 Å². The molecule has 8 heteroatoms. The van der Waals surface area contributed by atoms with Gasteiger partial charge in [0.15, 0.2) is 34.5 Å². The van der Waals surface area contributed by atoms with Crippen LogP contribution < -0.4 is 14.2 Å². The molecule has 0 aliphatic heterocycles. The highest BCUT2D eigenvalue weighted by Gasteiger charge is 2.24. The van der Waals surface area contributed by atoms with Crippen LogP contribution in [-0.2, 0) is 9.53 Å². The summed E-state index contributed by atoms with van der Waals surface area (Å²) >= 11 is 0. The summed E-state index contributed by atoms with van der Waals surface area (Å²) in [6.07, 6.45) is 0. The number of hydrogen-bond acceptors (Lipinski definition) is 8. The van der Waals surface area contributed by atoms with Crippen LogP contribution in [0.5, 0.6) is 34.5 Å². The molecule has 0 saturated heterocycles. The predicted molar refractivity (Wildman–Crippen MR) is 127 cm³/mol. The lowest BCUT2D eigenvalue weighted by Crippen LogP contribution is -2.10. The number of phenols is 3. The van der Waals surface area contributed by atoms with Gasteiger partial charge in [-0.3, -0.25) is 0 Å². The van der Waals surface area contributed by atoms with Crippen molar-refractivity contribution in [3.8, 4) is 34.5 Å². The van der Waals surface area contributed by atoms with E-state index >= 15 is 0 Å². The van der Waals surface area contributed by atoms with Crippen molar-refractivity contribution in [2.24, 2.45) is 0 Å². The van der Waals surface area contributed by atoms with Crippen molar-refractivity contribution in [1.29, 1.82) is 0 Å². The van der Waals surface area contributed by atoms with Crippen LogP contribution in [0.15, 0.2) is 54.6 Å². The van der Waals surface area contributed by atoms with Crippen LogP contribution in [0.3, 0.4) is 0 Å². The summed E-state index contributed by atoms with van der Waals surface area (Å²) < 4.78 is 20.8. The van der Waals surface area contributed by atoms with Crippen molar-refractivity contribution in [2.45, 2.75) is 6.92 Å². The van der Waals surface area contributed by atoms with E-state index in [9.17, 15) is 20.1 Å². The Labute approximate surface area is 197 Å². The molecule has 0 heterocycles. The lowest BCUT2D eigenvalue weighted by molar-refractivity contribution is -0.136. The fourth-order valence-electron chi connectivity index (χ4n) is 3.56. The van der Waals surface area contributed by atoms with Crippen LogP contribution in [0, 0.1) is 0 Å². The molecule has 178 valence electrons. The van der Waals surface area contributed by atoms with Crippen LogP contribution in [0.2, 0.25) is 0 Å². The molecule has 0 aliphatic rings. The molecule has 0 aliphatic carbocycles. The van der Waals surface area contributed by atoms with Crippen molar-refractivity contribution >= 4 is 17.1 Å². The third-order valence-electron chi connectivity index (χ3n) is 5.13. The first-order valence-electron chi connectivity index (χ1n) is 10.4. The molecule has 3 aromatic rings. The normalized spacial score (nSPS) is 10.4. The number of methoxy groups -OCH3 is 3. The van der Waals surface area contributed by atoms with Gasteiger partial charge >= 0.3 is 5.97 Å². The Bertz CT molecular complexity index is 1170. The van der Waals surface area contributed by atoms with Gasteiger partial charge in [-0.15, -0.1) is 0 Å². The fraction of sp³-hybridized carbons (Fsp3) is 0.192. The molecule has 3 aromatic carbocycles. The maximum Gasteiger partial charge on any atom is 0.339 e. The first kappa shape index (κ1) is 24.3. The summed E-state index contributed by atoms with van der Waals surface area (Å²) in [6, 6.07) is 13.9. The van der Waals surface area contributed by atoms with E-state index in [1.54, 1.807) is 37.3 Å². The van der Waals surface area contributed by atoms with Gasteiger partial charge in [-0.1, -0.05) is 18.2 Å². The smallest absolute Gasteiger partial charge is 0.339 e. The number of esters is 1. The minimum Gasteiger partial charge on any atom is -0.504 e. The van der Waals surface area contributed by atoms with E-state index in [2.05, 4.69) is 0 Å². The average molecular weight is 466 g/mol. The molecule has 0 saturated carbocycles. The molecule has 8 nitrogen and oxygen atoms in total. The third-order valence-corrected chi connectivity index (χ3v) is 5.13. The average Bonchev–Trinajstić information content (AvgIpc) is 2.82. The Morgan fingerprint density at radius 3 is 1.41 bits per heavy atom. The summed E-state index contributed by atoms with van der Waals surface area (Å²) in [5.41, 5.74) is 1.69. The maximum absolute atomic E-state index is 13.2. The fourth-order valence-corrected chi connectivity index (χ4v) is 3.56. The number of ether oxygens (including phenoxy) is 4. The van der Waals surface area contributed by atoms with Gasteiger partial charge in [0.05, 0.1) is 33.5 Å². The molecule has 0 bridgehead atoms. The zero-order valence-corrected chi connectivity index (χ0v) is 19.3. The summed E-state index contributed by atoms with van der Waals surface area (Å²) in [5, 5.41) is 31.3. The van der Waals surface area contributed by atoms with E-state index < -0.39 is 5.97 Å². The van der Waals surface area contributed by atoms with E-state index in [4.69, 9.17) is 18.9 Å². The molecule has 34 heavy (non-hydrogen) atoms. The first-order chi connectivity index (χ1) is 16.3. The van der Waals surface area contributed by atoms with E-state index in [0.29, 0.717) is 22.3 Å². The Balaban J connectivity index is 2.41. The van der Waals surface area contributed by atoms with Crippen LogP contribution in [0.1, 0.15) is 23.6 Å². The highest BCUT2D eigenvalue weighted by Crippen LogP contribution is 2.41. The van der Waals surface area contributed by atoms with Gasteiger partial charge in [0.25, 0.3) is 0 Å². The van der Waals surface area contributed by atoms with Gasteiger partial charge < -0.3 is 34.3 Å². The monoisotopic (exact) mass is 466 g/mol. The summed E-state index contributed by atoms with van der Waals surface area (Å²) in [7, 11) is 4.27. The summed E-state index contributed by atoms with van der Waals surface area (Å²) in [4.78, 5) is 13.2. The Morgan fingerprint density at radius 1 is 0.676 bits per heavy atom. The minimum atomic E-state index is -0.660. The molecule has 3 rings (SSSR count). The first-order valence-corrected chi connectivity index (χ1v) is 10.4. The minimum absolute atomic E-state index is 0.105. The number of carbonyl (C=O) groups excluding carboxylic acids is 1. The van der Waals surface area contributed by atoms with Crippen molar-refractivity contribution in [3.63, 3.8) is 0 Å². The molecule has 0 fully saturated rings. The molecule has 3 N–H and O–H groups in total. The number of hydrogen-bond donors (Lipinski definition) is 3. The SMILES string of the molecule is CCOC(=O)C(=C(c1ccc(OC)c(O)c1)c1ccc(OC)c(O)c1)c1ccc(OC)c(O)c1. The standard InChI is InChI=1S/C26H26O8/c1-5-34-26(30)25(17-8-11-23(33-4)20(29)14-17)24(15-6-9-21(31-2)18(27)12-15)16-7-10-22(32-3)19(28)13-16/h6-14,27-29H,5H2,1-4H3. The Kier molecular flexibility index (Phi) is 7.53. The number of rotatable bonds is 8. The van der Waals surface area contributed by atoms with Crippen LogP contribution in [0.25, 0.3) is 11.1 Å². The van der Waals surface area contributed by atoms with Gasteiger partial charge in [-0.25, -0.2) is 4.79 Å². The molecular weight excluding hydrogens is 440 g/mol. The molecule has 0 unspecified atom stereocenters.